The van der Waals surface area contributed by atoms with Crippen LogP contribution in [-0.4, -0.2) is 18.4 Å². The summed E-state index contributed by atoms with van der Waals surface area (Å²) in [6.45, 7) is 2.71. The number of hydrogen-bond donors (Lipinski definition) is 1. The molecule has 112 valence electrons. The van der Waals surface area contributed by atoms with E-state index >= 15 is 0 Å². The van der Waals surface area contributed by atoms with E-state index in [4.69, 9.17) is 4.42 Å². The molecule has 1 aromatic carbocycles. The van der Waals surface area contributed by atoms with Crippen LogP contribution in [0.2, 0.25) is 0 Å². The highest BCUT2D eigenvalue weighted by atomic mass is 16.3. The van der Waals surface area contributed by atoms with Crippen molar-refractivity contribution in [2.45, 2.75) is 13.3 Å². The SMILES string of the molecule is CCCN=C1N/C(=C\c2ccco2)C(=O)N1c1ccccc1. The highest BCUT2D eigenvalue weighted by Crippen LogP contribution is 2.22. The molecule has 1 aromatic heterocycles. The number of anilines is 1. The summed E-state index contributed by atoms with van der Waals surface area (Å²) in [7, 11) is 0. The van der Waals surface area contributed by atoms with Crippen LogP contribution in [0.15, 0.2) is 63.8 Å². The Morgan fingerprint density at radius 1 is 1.23 bits per heavy atom. The summed E-state index contributed by atoms with van der Waals surface area (Å²) in [6, 6.07) is 13.1. The molecule has 1 aliphatic heterocycles. The minimum absolute atomic E-state index is 0.141. The molecule has 0 aliphatic carbocycles. The van der Waals surface area contributed by atoms with Gasteiger partial charge in [0.25, 0.3) is 5.91 Å². The molecule has 0 radical (unpaired) electrons. The Labute approximate surface area is 129 Å². The number of guanidine groups is 1. The lowest BCUT2D eigenvalue weighted by Gasteiger charge is -2.14. The first kappa shape index (κ1) is 14.1. The van der Waals surface area contributed by atoms with Crippen molar-refractivity contribution in [1.29, 1.82) is 0 Å². The maximum absolute atomic E-state index is 12.7. The summed E-state index contributed by atoms with van der Waals surface area (Å²) in [5.74, 6) is 1.04. The van der Waals surface area contributed by atoms with Crippen LogP contribution in [0.25, 0.3) is 6.08 Å². The normalized spacial score (nSPS) is 18.2. The van der Waals surface area contributed by atoms with E-state index in [9.17, 15) is 4.79 Å². The second kappa shape index (κ2) is 6.30. The third kappa shape index (κ3) is 2.79. The van der Waals surface area contributed by atoms with E-state index in [1.807, 2.05) is 37.3 Å². The number of carbonyl (C=O) groups is 1. The molecule has 2 aromatic rings. The monoisotopic (exact) mass is 295 g/mol. The molecule has 3 rings (SSSR count). The predicted molar refractivity (Wildman–Crippen MR) is 86.3 cm³/mol. The largest absolute Gasteiger partial charge is 0.465 e. The lowest BCUT2D eigenvalue weighted by molar-refractivity contribution is -0.113. The Hall–Kier alpha value is -2.82. The minimum atomic E-state index is -0.141. The lowest BCUT2D eigenvalue weighted by atomic mass is 10.3. The van der Waals surface area contributed by atoms with Gasteiger partial charge in [-0.25, -0.2) is 4.90 Å². The van der Waals surface area contributed by atoms with Gasteiger partial charge in [0.15, 0.2) is 0 Å². The van der Waals surface area contributed by atoms with E-state index in [2.05, 4.69) is 10.3 Å². The highest BCUT2D eigenvalue weighted by Gasteiger charge is 2.33. The molecular weight excluding hydrogens is 278 g/mol. The summed E-state index contributed by atoms with van der Waals surface area (Å²) in [4.78, 5) is 18.7. The molecule has 1 saturated heterocycles. The average Bonchev–Trinajstić information content (AvgIpc) is 3.15. The van der Waals surface area contributed by atoms with E-state index in [0.29, 0.717) is 24.0 Å². The van der Waals surface area contributed by atoms with Crippen molar-refractivity contribution in [1.82, 2.24) is 5.32 Å². The first-order valence-electron chi connectivity index (χ1n) is 7.26. The summed E-state index contributed by atoms with van der Waals surface area (Å²) < 4.78 is 5.27. The minimum Gasteiger partial charge on any atom is -0.465 e. The van der Waals surface area contributed by atoms with Gasteiger partial charge in [-0.15, -0.1) is 0 Å². The number of furan rings is 1. The topological polar surface area (TPSA) is 57.8 Å². The van der Waals surface area contributed by atoms with E-state index in [-0.39, 0.29) is 5.91 Å². The Kier molecular flexibility index (Phi) is 4.05. The standard InChI is InChI=1S/C17H17N3O2/c1-2-10-18-17-19-15(12-14-9-6-11-22-14)16(21)20(17)13-7-4-3-5-8-13/h3-9,11-12H,2,10H2,1H3,(H,18,19)/b15-12-. The number of amides is 1. The second-order valence-corrected chi connectivity index (χ2v) is 4.88. The van der Waals surface area contributed by atoms with E-state index in [0.717, 1.165) is 12.1 Å². The Bertz CT molecular complexity index is 703. The zero-order chi connectivity index (χ0) is 15.4. The molecule has 2 heterocycles. The van der Waals surface area contributed by atoms with E-state index < -0.39 is 0 Å². The van der Waals surface area contributed by atoms with Crippen LogP contribution in [0.3, 0.4) is 0 Å². The molecule has 22 heavy (non-hydrogen) atoms. The molecule has 1 amide bonds. The smallest absolute Gasteiger partial charge is 0.281 e. The molecule has 0 saturated carbocycles. The van der Waals surface area contributed by atoms with Gasteiger partial charge in [-0.05, 0) is 30.7 Å². The third-order valence-electron chi connectivity index (χ3n) is 3.22. The van der Waals surface area contributed by atoms with Crippen LogP contribution in [0.4, 0.5) is 5.69 Å². The van der Waals surface area contributed by atoms with Crippen LogP contribution in [-0.2, 0) is 4.79 Å². The number of nitrogens with zero attached hydrogens (tertiary/aromatic N) is 2. The summed E-state index contributed by atoms with van der Waals surface area (Å²) in [5, 5.41) is 3.09. The molecule has 5 nitrogen and oxygen atoms in total. The summed E-state index contributed by atoms with van der Waals surface area (Å²) in [6.07, 6.45) is 4.18. The first-order chi connectivity index (χ1) is 10.8. The van der Waals surface area contributed by atoms with Crippen LogP contribution in [0.5, 0.6) is 0 Å². The van der Waals surface area contributed by atoms with Crippen molar-refractivity contribution in [3.63, 3.8) is 0 Å². The Morgan fingerprint density at radius 3 is 2.73 bits per heavy atom. The molecule has 0 atom stereocenters. The second-order valence-electron chi connectivity index (χ2n) is 4.88. The first-order valence-corrected chi connectivity index (χ1v) is 7.26. The highest BCUT2D eigenvalue weighted by molar-refractivity contribution is 6.29. The molecule has 0 spiro atoms. The maximum Gasteiger partial charge on any atom is 0.281 e. The molecule has 0 bridgehead atoms. The maximum atomic E-state index is 12.7. The number of hydrogen-bond acceptors (Lipinski definition) is 3. The van der Waals surface area contributed by atoms with Gasteiger partial charge in [0.05, 0.1) is 12.0 Å². The van der Waals surface area contributed by atoms with Crippen LogP contribution >= 0.6 is 0 Å². The molecular formula is C17H17N3O2. The van der Waals surface area contributed by atoms with Gasteiger partial charge in [-0.2, -0.15) is 0 Å². The van der Waals surface area contributed by atoms with Crippen molar-refractivity contribution in [2.75, 3.05) is 11.4 Å². The fraction of sp³-hybridized carbons (Fsp3) is 0.176. The van der Waals surface area contributed by atoms with E-state index in [1.54, 1.807) is 29.4 Å². The van der Waals surface area contributed by atoms with Gasteiger partial charge in [0.1, 0.15) is 11.5 Å². The van der Waals surface area contributed by atoms with Crippen LogP contribution in [0, 0.1) is 0 Å². The van der Waals surface area contributed by atoms with Gasteiger partial charge in [-0.1, -0.05) is 25.1 Å². The number of benzene rings is 1. The quantitative estimate of drug-likeness (QED) is 0.882. The van der Waals surface area contributed by atoms with Crippen molar-refractivity contribution in [3.8, 4) is 0 Å². The fourth-order valence-corrected chi connectivity index (χ4v) is 2.20. The van der Waals surface area contributed by atoms with Gasteiger partial charge in [0, 0.05) is 12.6 Å². The molecule has 1 N–H and O–H groups in total. The van der Waals surface area contributed by atoms with Gasteiger partial charge in [0.2, 0.25) is 5.96 Å². The van der Waals surface area contributed by atoms with Crippen LogP contribution in [0.1, 0.15) is 19.1 Å². The van der Waals surface area contributed by atoms with Crippen molar-refractivity contribution >= 4 is 23.6 Å². The zero-order valence-corrected chi connectivity index (χ0v) is 12.3. The van der Waals surface area contributed by atoms with Crippen molar-refractivity contribution < 1.29 is 9.21 Å². The summed E-state index contributed by atoms with van der Waals surface area (Å²) in [5.41, 5.74) is 1.24. The molecule has 5 heteroatoms. The average molecular weight is 295 g/mol. The Morgan fingerprint density at radius 2 is 2.05 bits per heavy atom. The number of carbonyl (C=O) groups excluding carboxylic acids is 1. The van der Waals surface area contributed by atoms with Gasteiger partial charge in [-0.3, -0.25) is 9.79 Å². The van der Waals surface area contributed by atoms with Crippen LogP contribution < -0.4 is 10.2 Å². The summed E-state index contributed by atoms with van der Waals surface area (Å²) >= 11 is 0. The molecule has 1 aliphatic rings. The van der Waals surface area contributed by atoms with E-state index in [1.165, 1.54) is 0 Å². The fourth-order valence-electron chi connectivity index (χ4n) is 2.20. The number of para-hydroxylation sites is 1. The number of aliphatic imine (C=N–C) groups is 1. The predicted octanol–water partition coefficient (Wildman–Crippen LogP) is 3.02. The van der Waals surface area contributed by atoms with Gasteiger partial charge >= 0.3 is 0 Å². The zero-order valence-electron chi connectivity index (χ0n) is 12.3. The lowest BCUT2D eigenvalue weighted by Crippen LogP contribution is -2.32. The molecule has 1 fully saturated rings. The van der Waals surface area contributed by atoms with Crippen molar-refractivity contribution in [3.05, 3.63) is 60.2 Å². The third-order valence-corrected chi connectivity index (χ3v) is 3.22. The number of rotatable bonds is 4. The number of nitrogens with one attached hydrogen (secondary N) is 1. The molecule has 0 unspecified atom stereocenters. The van der Waals surface area contributed by atoms with Crippen molar-refractivity contribution in [2.24, 2.45) is 4.99 Å². The van der Waals surface area contributed by atoms with Gasteiger partial charge < -0.3 is 9.73 Å². The Balaban J connectivity index is 1.97.